The number of hydrogen-bond donors (Lipinski definition) is 15. The Morgan fingerprint density at radius 1 is 0.485 bits per heavy atom. The zero-order valence-corrected chi connectivity index (χ0v) is 39.2. The maximum absolute atomic E-state index is 13.9. The quantitative estimate of drug-likeness (QED) is 0.0261. The molecule has 0 aromatic rings. The molecule has 27 heteroatoms. The first-order valence-electron chi connectivity index (χ1n) is 22.4. The molecule has 0 aliphatic heterocycles. The van der Waals surface area contributed by atoms with E-state index in [1.165, 1.54) is 0 Å². The van der Waals surface area contributed by atoms with E-state index >= 15 is 0 Å². The van der Waals surface area contributed by atoms with Crippen LogP contribution >= 0.6 is 0 Å². The van der Waals surface area contributed by atoms with E-state index in [0.717, 1.165) is 0 Å². The lowest BCUT2D eigenvalue weighted by Gasteiger charge is -2.28. The van der Waals surface area contributed by atoms with E-state index in [0.29, 0.717) is 32.2 Å². The lowest BCUT2D eigenvalue weighted by Crippen LogP contribution is -2.60. The van der Waals surface area contributed by atoms with Gasteiger partial charge < -0.3 is 81.4 Å². The predicted molar refractivity (Wildman–Crippen MR) is 242 cm³/mol. The van der Waals surface area contributed by atoms with Crippen LogP contribution in [-0.4, -0.2) is 150 Å². The van der Waals surface area contributed by atoms with Gasteiger partial charge in [0.2, 0.25) is 59.1 Å². The summed E-state index contributed by atoms with van der Waals surface area (Å²) in [6.07, 6.45) is -0.300. The first kappa shape index (κ1) is 61.5. The van der Waals surface area contributed by atoms with Gasteiger partial charge in [-0.1, -0.05) is 27.7 Å². The van der Waals surface area contributed by atoms with Crippen molar-refractivity contribution in [2.45, 2.75) is 147 Å². The number of unbranched alkanes of at least 4 members (excludes halogenated alkanes) is 2. The SMILES string of the molecule is CC(C)C[C@H](NC(=O)CNC(=O)CNC(=O)[C@H](CCC(N)=O)NC(=O)[C@@H](N)CC(=O)O)C(=O)N[C@H](C(=O)N[C@@H](CCCCN)C(=O)N[C@@H](CCC(N)=O)C(=O)N[C@@H](CCCCN)C(=O)O)C(C)C. The van der Waals surface area contributed by atoms with Crippen molar-refractivity contribution < 1.29 is 67.7 Å². The van der Waals surface area contributed by atoms with Gasteiger partial charge in [0.15, 0.2) is 0 Å². The van der Waals surface area contributed by atoms with Crippen LogP contribution in [0, 0.1) is 11.8 Å². The molecular formula is C41H73N13O14. The maximum atomic E-state index is 13.9. The van der Waals surface area contributed by atoms with Gasteiger partial charge in [0.25, 0.3) is 0 Å². The number of amides is 10. The van der Waals surface area contributed by atoms with Gasteiger partial charge in [-0.2, -0.15) is 0 Å². The van der Waals surface area contributed by atoms with Crippen molar-refractivity contribution in [3.63, 3.8) is 0 Å². The smallest absolute Gasteiger partial charge is 0.326 e. The zero-order valence-electron chi connectivity index (χ0n) is 39.2. The second-order valence-electron chi connectivity index (χ2n) is 16.8. The van der Waals surface area contributed by atoms with E-state index in [1.807, 2.05) is 0 Å². The third-order valence-corrected chi connectivity index (χ3v) is 9.97. The average Bonchev–Trinajstić information content (AvgIpc) is 3.24. The summed E-state index contributed by atoms with van der Waals surface area (Å²) in [5, 5.41) is 37.9. The van der Waals surface area contributed by atoms with Crippen molar-refractivity contribution >= 4 is 71.0 Å². The van der Waals surface area contributed by atoms with Crippen LogP contribution in [0.25, 0.3) is 0 Å². The number of nitrogens with two attached hydrogens (primary N) is 5. The van der Waals surface area contributed by atoms with Gasteiger partial charge in [0.05, 0.1) is 25.6 Å². The standard InChI is InChI=1S/C41H73N13O14/c1-21(2)17-28(49-32(58)20-47-31(57)19-48-36(62)25(11-13-29(45)55)50-35(61)23(44)18-33(59)60)39(65)54-34(22(3)4)40(66)52-24(9-5-7-15-42)37(63)51-26(12-14-30(46)56)38(64)53-27(41(67)68)10-6-8-16-43/h21-28,34H,5-20,42-44H2,1-4H3,(H2,45,55)(H2,46,56)(H,47,57)(H,48,62)(H,49,58)(H,50,61)(H,51,63)(H,52,66)(H,53,64)(H,54,65)(H,59,60)(H,67,68)/t23-,24-,25-,26-,27-,28-,34-/m0/s1. The number of primary amides is 2. The molecule has 0 radical (unpaired) electrons. The van der Waals surface area contributed by atoms with E-state index in [4.69, 9.17) is 33.8 Å². The molecule has 68 heavy (non-hydrogen) atoms. The lowest BCUT2D eigenvalue weighted by molar-refractivity contribution is -0.142. The van der Waals surface area contributed by atoms with Crippen molar-refractivity contribution in [2.75, 3.05) is 26.2 Å². The highest BCUT2D eigenvalue weighted by Crippen LogP contribution is 2.11. The summed E-state index contributed by atoms with van der Waals surface area (Å²) in [6.45, 7) is 5.88. The first-order valence-corrected chi connectivity index (χ1v) is 22.4. The normalized spacial score (nSPS) is 14.1. The fraction of sp³-hybridized carbons (Fsp3) is 0.707. The highest BCUT2D eigenvalue weighted by Gasteiger charge is 2.34. The van der Waals surface area contributed by atoms with E-state index in [1.54, 1.807) is 27.7 Å². The second kappa shape index (κ2) is 33.1. The van der Waals surface area contributed by atoms with Crippen LogP contribution in [0.2, 0.25) is 0 Å². The Balaban J connectivity index is 5.97. The highest BCUT2D eigenvalue weighted by atomic mass is 16.4. The third kappa shape index (κ3) is 26.6. The molecule has 27 nitrogen and oxygen atoms in total. The Labute approximate surface area is 394 Å². The van der Waals surface area contributed by atoms with Crippen LogP contribution in [0.15, 0.2) is 0 Å². The number of carbonyl (C=O) groups excluding carboxylic acids is 10. The fourth-order valence-electron chi connectivity index (χ4n) is 6.26. The van der Waals surface area contributed by atoms with Crippen molar-refractivity contribution in [3.8, 4) is 0 Å². The van der Waals surface area contributed by atoms with Crippen LogP contribution in [-0.2, 0) is 57.5 Å². The molecule has 0 unspecified atom stereocenters. The Bertz CT molecular complexity index is 1750. The number of carboxylic acid groups (broad SMARTS) is 2. The molecule has 10 amide bonds. The fourth-order valence-corrected chi connectivity index (χ4v) is 6.26. The summed E-state index contributed by atoms with van der Waals surface area (Å²) >= 11 is 0. The van der Waals surface area contributed by atoms with Crippen molar-refractivity contribution in [3.05, 3.63) is 0 Å². The molecule has 386 valence electrons. The van der Waals surface area contributed by atoms with Crippen molar-refractivity contribution in [1.29, 1.82) is 0 Å². The van der Waals surface area contributed by atoms with Gasteiger partial charge in [-0.05, 0) is 82.7 Å². The molecule has 0 rings (SSSR count). The summed E-state index contributed by atoms with van der Waals surface area (Å²) < 4.78 is 0. The highest BCUT2D eigenvalue weighted by molar-refractivity contribution is 5.97. The Kier molecular flexibility index (Phi) is 29.9. The molecule has 0 aliphatic rings. The van der Waals surface area contributed by atoms with E-state index in [-0.39, 0.29) is 57.4 Å². The molecule has 0 aliphatic carbocycles. The van der Waals surface area contributed by atoms with E-state index in [2.05, 4.69) is 42.5 Å². The third-order valence-electron chi connectivity index (χ3n) is 9.97. The van der Waals surface area contributed by atoms with Crippen LogP contribution in [0.5, 0.6) is 0 Å². The minimum atomic E-state index is -1.53. The Morgan fingerprint density at radius 2 is 0.926 bits per heavy atom. The molecule has 7 atom stereocenters. The van der Waals surface area contributed by atoms with Gasteiger partial charge >= 0.3 is 11.9 Å². The molecule has 0 fully saturated rings. The maximum Gasteiger partial charge on any atom is 0.326 e. The summed E-state index contributed by atoms with van der Waals surface area (Å²) in [5.41, 5.74) is 27.1. The summed E-state index contributed by atoms with van der Waals surface area (Å²) in [6, 6.07) is -9.56. The average molecular weight is 972 g/mol. The molecule has 0 heterocycles. The van der Waals surface area contributed by atoms with Gasteiger partial charge in [0.1, 0.15) is 36.3 Å². The van der Waals surface area contributed by atoms with Gasteiger partial charge in [-0.15, -0.1) is 0 Å². The number of hydrogen-bond acceptors (Lipinski definition) is 15. The number of nitrogens with one attached hydrogen (secondary N) is 8. The summed E-state index contributed by atoms with van der Waals surface area (Å²) in [4.78, 5) is 151. The summed E-state index contributed by atoms with van der Waals surface area (Å²) in [7, 11) is 0. The molecule has 0 bridgehead atoms. The number of aliphatic carboxylic acids is 2. The van der Waals surface area contributed by atoms with Crippen molar-refractivity contribution in [2.24, 2.45) is 40.5 Å². The molecule has 0 saturated heterocycles. The molecule has 0 saturated carbocycles. The lowest BCUT2D eigenvalue weighted by atomic mass is 9.99. The Morgan fingerprint density at radius 3 is 1.40 bits per heavy atom. The number of rotatable bonds is 36. The monoisotopic (exact) mass is 972 g/mol. The van der Waals surface area contributed by atoms with E-state index in [9.17, 15) is 62.6 Å². The molecular weight excluding hydrogens is 899 g/mol. The van der Waals surface area contributed by atoms with Gasteiger partial charge in [-0.25, -0.2) is 4.79 Å². The minimum Gasteiger partial charge on any atom is -0.481 e. The van der Waals surface area contributed by atoms with Crippen LogP contribution in [0.4, 0.5) is 0 Å². The molecule has 0 spiro atoms. The molecule has 0 aromatic heterocycles. The van der Waals surface area contributed by atoms with Crippen LogP contribution < -0.4 is 71.2 Å². The van der Waals surface area contributed by atoms with Crippen LogP contribution in [0.1, 0.15) is 105 Å². The number of carboxylic acids is 2. The minimum absolute atomic E-state index is 0.0196. The molecule has 0 aromatic carbocycles. The topological polar surface area (TPSA) is 472 Å². The second-order valence-corrected chi connectivity index (χ2v) is 16.8. The van der Waals surface area contributed by atoms with Crippen molar-refractivity contribution in [1.82, 2.24) is 42.5 Å². The summed E-state index contributed by atoms with van der Waals surface area (Å²) in [5.74, 6) is -12.2. The Hall–Kier alpha value is -6.48. The first-order chi connectivity index (χ1) is 31.8. The van der Waals surface area contributed by atoms with Gasteiger partial charge in [-0.3, -0.25) is 52.7 Å². The largest absolute Gasteiger partial charge is 0.481 e. The predicted octanol–water partition coefficient (Wildman–Crippen LogP) is -5.49. The number of carbonyl (C=O) groups is 12. The van der Waals surface area contributed by atoms with E-state index < -0.39 is 139 Å². The van der Waals surface area contributed by atoms with Crippen LogP contribution in [0.3, 0.4) is 0 Å². The molecule has 20 N–H and O–H groups in total. The van der Waals surface area contributed by atoms with Gasteiger partial charge in [0, 0.05) is 12.8 Å². The zero-order chi connectivity index (χ0) is 52.1.